The third-order valence-corrected chi connectivity index (χ3v) is 4.04. The standard InChI is InChI=1S/C19H16N4O5/c1-10(24)17(23-22-13-5-2-11(3-6-13)19(27)28)18(26)20-14-7-4-12-8-16(25)21-15(12)9-14/h2-7,9,17H,8H2,1H3,(H,20,26)(H,21,25)(H,27,28). The van der Waals surface area contributed by atoms with E-state index in [0.29, 0.717) is 17.1 Å². The Morgan fingerprint density at radius 3 is 2.50 bits per heavy atom. The van der Waals surface area contributed by atoms with Crippen LogP contribution in [0.25, 0.3) is 0 Å². The number of carbonyl (C=O) groups is 4. The number of hydrogen-bond acceptors (Lipinski definition) is 6. The first-order valence-electron chi connectivity index (χ1n) is 8.32. The van der Waals surface area contributed by atoms with Crippen LogP contribution in [-0.4, -0.2) is 34.7 Å². The molecular weight excluding hydrogens is 364 g/mol. The van der Waals surface area contributed by atoms with Gasteiger partial charge in [0.1, 0.15) is 0 Å². The molecule has 0 fully saturated rings. The number of nitrogens with zero attached hydrogens (tertiary/aromatic N) is 2. The van der Waals surface area contributed by atoms with Crippen molar-refractivity contribution in [3.05, 3.63) is 53.6 Å². The summed E-state index contributed by atoms with van der Waals surface area (Å²) in [6, 6.07) is 9.14. The minimum absolute atomic E-state index is 0.0866. The van der Waals surface area contributed by atoms with E-state index in [9.17, 15) is 19.2 Å². The molecule has 1 aliphatic heterocycles. The molecule has 28 heavy (non-hydrogen) atoms. The predicted molar refractivity (Wildman–Crippen MR) is 99.8 cm³/mol. The molecule has 2 aromatic rings. The molecule has 3 rings (SSSR count). The summed E-state index contributed by atoms with van der Waals surface area (Å²) in [5, 5.41) is 21.8. The maximum absolute atomic E-state index is 12.4. The highest BCUT2D eigenvalue weighted by Crippen LogP contribution is 2.26. The molecule has 0 aromatic heterocycles. The van der Waals surface area contributed by atoms with E-state index in [1.54, 1.807) is 18.2 Å². The van der Waals surface area contributed by atoms with E-state index in [1.165, 1.54) is 31.2 Å². The first-order chi connectivity index (χ1) is 13.3. The Bertz CT molecular complexity index is 998. The van der Waals surface area contributed by atoms with Crippen molar-refractivity contribution in [1.82, 2.24) is 0 Å². The van der Waals surface area contributed by atoms with Crippen molar-refractivity contribution in [1.29, 1.82) is 0 Å². The highest BCUT2D eigenvalue weighted by Gasteiger charge is 2.24. The van der Waals surface area contributed by atoms with Gasteiger partial charge in [-0.1, -0.05) is 6.07 Å². The van der Waals surface area contributed by atoms with Gasteiger partial charge in [-0.05, 0) is 48.9 Å². The number of aromatic carboxylic acids is 1. The van der Waals surface area contributed by atoms with Gasteiger partial charge in [0.2, 0.25) is 11.9 Å². The SMILES string of the molecule is CC(=O)C(N=Nc1ccc(C(=O)O)cc1)C(=O)Nc1ccc2c(c1)NC(=O)C2. The summed E-state index contributed by atoms with van der Waals surface area (Å²) in [6.07, 6.45) is 0.286. The molecule has 0 spiro atoms. The topological polar surface area (TPSA) is 137 Å². The van der Waals surface area contributed by atoms with Gasteiger partial charge in [0.05, 0.1) is 17.7 Å². The van der Waals surface area contributed by atoms with Gasteiger partial charge in [-0.25, -0.2) is 4.79 Å². The first-order valence-corrected chi connectivity index (χ1v) is 8.32. The van der Waals surface area contributed by atoms with Crippen LogP contribution in [0.4, 0.5) is 17.1 Å². The fourth-order valence-corrected chi connectivity index (χ4v) is 2.62. The molecule has 1 heterocycles. The summed E-state index contributed by atoms with van der Waals surface area (Å²) in [4.78, 5) is 46.5. The number of azo groups is 1. The van der Waals surface area contributed by atoms with Gasteiger partial charge >= 0.3 is 5.97 Å². The average Bonchev–Trinajstić information content (AvgIpc) is 3.01. The van der Waals surface area contributed by atoms with Gasteiger partial charge in [-0.2, -0.15) is 10.2 Å². The Balaban J connectivity index is 1.72. The van der Waals surface area contributed by atoms with E-state index in [4.69, 9.17) is 5.11 Å². The number of nitrogens with one attached hydrogen (secondary N) is 2. The molecule has 0 aliphatic carbocycles. The van der Waals surface area contributed by atoms with Gasteiger partial charge < -0.3 is 15.7 Å². The third-order valence-electron chi connectivity index (χ3n) is 4.04. The molecular formula is C19H16N4O5. The number of ketones is 1. The maximum atomic E-state index is 12.4. The fourth-order valence-electron chi connectivity index (χ4n) is 2.62. The van der Waals surface area contributed by atoms with Crippen molar-refractivity contribution in [3.63, 3.8) is 0 Å². The van der Waals surface area contributed by atoms with Gasteiger partial charge in [0.15, 0.2) is 5.78 Å². The van der Waals surface area contributed by atoms with E-state index in [2.05, 4.69) is 20.9 Å². The lowest BCUT2D eigenvalue weighted by Gasteiger charge is -2.10. The molecule has 0 bridgehead atoms. The lowest BCUT2D eigenvalue weighted by molar-refractivity contribution is -0.126. The van der Waals surface area contributed by atoms with E-state index in [1.807, 2.05) is 0 Å². The Labute approximate surface area is 159 Å². The van der Waals surface area contributed by atoms with E-state index >= 15 is 0 Å². The molecule has 0 saturated heterocycles. The van der Waals surface area contributed by atoms with Crippen LogP contribution in [-0.2, 0) is 20.8 Å². The molecule has 1 aliphatic rings. The number of rotatable bonds is 6. The Morgan fingerprint density at radius 2 is 1.86 bits per heavy atom. The first kappa shape index (κ1) is 18.9. The third kappa shape index (κ3) is 4.26. The second-order valence-corrected chi connectivity index (χ2v) is 6.17. The van der Waals surface area contributed by atoms with Gasteiger partial charge in [0.25, 0.3) is 5.91 Å². The minimum Gasteiger partial charge on any atom is -0.478 e. The van der Waals surface area contributed by atoms with E-state index in [0.717, 1.165) is 5.56 Å². The number of anilines is 2. The number of carbonyl (C=O) groups excluding carboxylic acids is 3. The number of amides is 2. The van der Waals surface area contributed by atoms with E-state index < -0.39 is 23.7 Å². The Morgan fingerprint density at radius 1 is 1.14 bits per heavy atom. The zero-order valence-corrected chi connectivity index (χ0v) is 14.8. The van der Waals surface area contributed by atoms with Crippen molar-refractivity contribution >= 4 is 40.6 Å². The zero-order valence-electron chi connectivity index (χ0n) is 14.8. The maximum Gasteiger partial charge on any atom is 0.335 e. The highest BCUT2D eigenvalue weighted by atomic mass is 16.4. The lowest BCUT2D eigenvalue weighted by Crippen LogP contribution is -2.31. The highest BCUT2D eigenvalue weighted by molar-refractivity contribution is 6.10. The predicted octanol–water partition coefficient (Wildman–Crippen LogP) is 2.56. The molecule has 0 radical (unpaired) electrons. The normalized spacial score (nSPS) is 13.7. The Kier molecular flexibility index (Phi) is 5.25. The summed E-state index contributed by atoms with van der Waals surface area (Å²) in [5.41, 5.74) is 2.25. The molecule has 1 unspecified atom stereocenters. The number of Topliss-reactive ketones (excluding diaryl/α,β-unsaturated/α-hetero) is 1. The molecule has 3 N–H and O–H groups in total. The second-order valence-electron chi connectivity index (χ2n) is 6.17. The molecule has 9 nitrogen and oxygen atoms in total. The molecule has 2 aromatic carbocycles. The minimum atomic E-state index is -1.36. The largest absolute Gasteiger partial charge is 0.478 e. The Hall–Kier alpha value is -3.88. The van der Waals surface area contributed by atoms with Crippen LogP contribution in [0.5, 0.6) is 0 Å². The number of carboxylic acid groups (broad SMARTS) is 1. The number of carboxylic acids is 1. The van der Waals surface area contributed by atoms with Crippen LogP contribution in [0.2, 0.25) is 0 Å². The summed E-state index contributed by atoms with van der Waals surface area (Å²) >= 11 is 0. The van der Waals surface area contributed by atoms with Gasteiger partial charge in [-0.3, -0.25) is 14.4 Å². The van der Waals surface area contributed by atoms with Crippen molar-refractivity contribution in [3.8, 4) is 0 Å². The molecule has 0 saturated carbocycles. The number of fused-ring (bicyclic) bond motifs is 1. The number of hydrogen-bond donors (Lipinski definition) is 3. The molecule has 142 valence electrons. The van der Waals surface area contributed by atoms with Crippen LogP contribution in [0.15, 0.2) is 52.7 Å². The van der Waals surface area contributed by atoms with E-state index in [-0.39, 0.29) is 17.9 Å². The quantitative estimate of drug-likeness (QED) is 0.522. The van der Waals surface area contributed by atoms with Crippen LogP contribution in [0, 0.1) is 0 Å². The van der Waals surface area contributed by atoms with Crippen molar-refractivity contribution in [2.24, 2.45) is 10.2 Å². The monoisotopic (exact) mass is 380 g/mol. The second kappa shape index (κ2) is 7.78. The summed E-state index contributed by atoms with van der Waals surface area (Å²) in [6.45, 7) is 1.22. The number of benzene rings is 2. The smallest absolute Gasteiger partial charge is 0.335 e. The molecule has 1 atom stereocenters. The van der Waals surface area contributed by atoms with Crippen LogP contribution < -0.4 is 10.6 Å². The molecule has 9 heteroatoms. The van der Waals surface area contributed by atoms with Crippen molar-refractivity contribution < 1.29 is 24.3 Å². The van der Waals surface area contributed by atoms with Gasteiger partial charge in [0, 0.05) is 11.4 Å². The van der Waals surface area contributed by atoms with Crippen LogP contribution >= 0.6 is 0 Å². The zero-order chi connectivity index (χ0) is 20.3. The van der Waals surface area contributed by atoms with Gasteiger partial charge in [-0.15, -0.1) is 0 Å². The fraction of sp³-hybridized carbons (Fsp3) is 0.158. The summed E-state index contributed by atoms with van der Waals surface area (Å²) in [5.74, 6) is -2.36. The molecule has 2 amide bonds. The van der Waals surface area contributed by atoms with Crippen molar-refractivity contribution in [2.45, 2.75) is 19.4 Å². The summed E-state index contributed by atoms with van der Waals surface area (Å²) in [7, 11) is 0. The van der Waals surface area contributed by atoms with Crippen LogP contribution in [0.3, 0.4) is 0 Å². The average molecular weight is 380 g/mol. The van der Waals surface area contributed by atoms with Crippen molar-refractivity contribution in [2.75, 3.05) is 10.6 Å². The summed E-state index contributed by atoms with van der Waals surface area (Å²) < 4.78 is 0. The van der Waals surface area contributed by atoms with Crippen LogP contribution in [0.1, 0.15) is 22.8 Å². The lowest BCUT2D eigenvalue weighted by atomic mass is 10.1.